The molecule has 7 nitrogen and oxygen atoms in total. The first-order valence-corrected chi connectivity index (χ1v) is 8.97. The van der Waals surface area contributed by atoms with E-state index in [-0.39, 0.29) is 11.6 Å². The Labute approximate surface area is 165 Å². The van der Waals surface area contributed by atoms with Gasteiger partial charge in [0.2, 0.25) is 5.91 Å². The van der Waals surface area contributed by atoms with Crippen molar-refractivity contribution in [3.63, 3.8) is 0 Å². The van der Waals surface area contributed by atoms with E-state index in [0.717, 1.165) is 12.0 Å². The molecule has 2 rings (SSSR count). The van der Waals surface area contributed by atoms with E-state index in [1.54, 1.807) is 25.3 Å². The zero-order valence-corrected chi connectivity index (χ0v) is 16.5. The molecule has 0 radical (unpaired) electrons. The lowest BCUT2D eigenvalue weighted by molar-refractivity contribution is -0.384. The molecule has 27 heavy (non-hydrogen) atoms. The summed E-state index contributed by atoms with van der Waals surface area (Å²) in [5, 5.41) is 13.4. The summed E-state index contributed by atoms with van der Waals surface area (Å²) in [6, 6.07) is 9.51. The highest BCUT2D eigenvalue weighted by molar-refractivity contribution is 9.10. The maximum Gasteiger partial charge on any atom is 0.270 e. The summed E-state index contributed by atoms with van der Waals surface area (Å²) in [5.74, 6) is 0.870. The number of nitro benzene ring substituents is 1. The van der Waals surface area contributed by atoms with Crippen molar-refractivity contribution in [3.05, 3.63) is 62.6 Å². The van der Waals surface area contributed by atoms with Crippen LogP contribution in [0.5, 0.6) is 11.5 Å². The van der Waals surface area contributed by atoms with Crippen LogP contribution in [-0.2, 0) is 4.79 Å². The highest BCUT2D eigenvalue weighted by Gasteiger charge is 2.10. The van der Waals surface area contributed by atoms with Gasteiger partial charge < -0.3 is 14.8 Å². The van der Waals surface area contributed by atoms with Gasteiger partial charge in [-0.25, -0.2) is 0 Å². The Bertz CT molecular complexity index is 867. The number of nitrogens with zero attached hydrogens (tertiary/aromatic N) is 1. The lowest BCUT2D eigenvalue weighted by atomic mass is 10.2. The van der Waals surface area contributed by atoms with Gasteiger partial charge >= 0.3 is 0 Å². The van der Waals surface area contributed by atoms with Gasteiger partial charge in [0.15, 0.2) is 11.5 Å². The van der Waals surface area contributed by atoms with Gasteiger partial charge in [0, 0.05) is 22.7 Å². The summed E-state index contributed by atoms with van der Waals surface area (Å²) in [6.45, 7) is 2.61. The topological polar surface area (TPSA) is 90.7 Å². The van der Waals surface area contributed by atoms with Crippen LogP contribution in [0, 0.1) is 10.1 Å². The third-order valence-corrected chi connectivity index (χ3v) is 4.15. The van der Waals surface area contributed by atoms with Crippen LogP contribution >= 0.6 is 15.9 Å². The molecule has 1 amide bonds. The number of ether oxygens (including phenoxy) is 2. The number of non-ortho nitro benzene ring substituents is 1. The van der Waals surface area contributed by atoms with Crippen molar-refractivity contribution in [2.45, 2.75) is 13.3 Å². The number of halogens is 1. The van der Waals surface area contributed by atoms with Crippen LogP contribution < -0.4 is 14.8 Å². The average molecular weight is 435 g/mol. The summed E-state index contributed by atoms with van der Waals surface area (Å²) in [4.78, 5) is 22.4. The molecular formula is C19H19BrN2O5. The van der Waals surface area contributed by atoms with Crippen molar-refractivity contribution in [1.29, 1.82) is 0 Å². The maximum absolute atomic E-state index is 12.1. The Kier molecular flexibility index (Phi) is 7.36. The van der Waals surface area contributed by atoms with Gasteiger partial charge in [-0.05, 0) is 52.2 Å². The molecule has 8 heteroatoms. The zero-order valence-electron chi connectivity index (χ0n) is 14.9. The molecule has 0 spiro atoms. The smallest absolute Gasteiger partial charge is 0.270 e. The number of hydrogen-bond donors (Lipinski definition) is 1. The molecular weight excluding hydrogens is 416 g/mol. The van der Waals surface area contributed by atoms with E-state index in [4.69, 9.17) is 9.47 Å². The van der Waals surface area contributed by atoms with Crippen LogP contribution in [0.1, 0.15) is 18.9 Å². The Morgan fingerprint density at radius 3 is 2.67 bits per heavy atom. The Balaban J connectivity index is 2.07. The minimum atomic E-state index is -0.502. The minimum absolute atomic E-state index is 0.0621. The van der Waals surface area contributed by atoms with Crippen LogP contribution in [0.15, 0.2) is 46.9 Å². The standard InChI is InChI=1S/C19H19BrN2O5/c1-3-10-27-17-8-4-13(11-18(17)26-2)5-9-19(23)21-16-7-6-14(22(24)25)12-15(16)20/h4-9,11-12H,3,10H2,1-2H3,(H,21,23). The van der Waals surface area contributed by atoms with Gasteiger partial charge in [-0.2, -0.15) is 0 Å². The van der Waals surface area contributed by atoms with Gasteiger partial charge in [0.25, 0.3) is 5.69 Å². The summed E-state index contributed by atoms with van der Waals surface area (Å²) >= 11 is 3.21. The van der Waals surface area contributed by atoms with Crippen molar-refractivity contribution < 1.29 is 19.2 Å². The Morgan fingerprint density at radius 2 is 2.04 bits per heavy atom. The van der Waals surface area contributed by atoms with Crippen molar-refractivity contribution >= 4 is 39.3 Å². The highest BCUT2D eigenvalue weighted by atomic mass is 79.9. The molecule has 0 aliphatic carbocycles. The number of methoxy groups -OCH3 is 1. The first kappa shape index (κ1) is 20.4. The van der Waals surface area contributed by atoms with Crippen molar-refractivity contribution in [3.8, 4) is 11.5 Å². The number of carbonyl (C=O) groups is 1. The van der Waals surface area contributed by atoms with Gasteiger partial charge in [-0.3, -0.25) is 14.9 Å². The largest absolute Gasteiger partial charge is 0.493 e. The lowest BCUT2D eigenvalue weighted by Crippen LogP contribution is -2.08. The van der Waals surface area contributed by atoms with E-state index in [2.05, 4.69) is 21.2 Å². The van der Waals surface area contributed by atoms with Crippen LogP contribution in [0.3, 0.4) is 0 Å². The Morgan fingerprint density at radius 1 is 1.26 bits per heavy atom. The molecule has 1 N–H and O–H groups in total. The molecule has 0 aliphatic rings. The maximum atomic E-state index is 12.1. The predicted molar refractivity (Wildman–Crippen MR) is 107 cm³/mol. The van der Waals surface area contributed by atoms with E-state index < -0.39 is 4.92 Å². The molecule has 0 aliphatic heterocycles. The number of anilines is 1. The van der Waals surface area contributed by atoms with Crippen LogP contribution in [-0.4, -0.2) is 24.5 Å². The number of benzene rings is 2. The molecule has 0 fully saturated rings. The fourth-order valence-electron chi connectivity index (χ4n) is 2.18. The molecule has 0 unspecified atom stereocenters. The van der Waals surface area contributed by atoms with Gasteiger partial charge in [-0.1, -0.05) is 13.0 Å². The first-order chi connectivity index (χ1) is 12.9. The Hall–Kier alpha value is -2.87. The second-order valence-corrected chi connectivity index (χ2v) is 6.36. The third kappa shape index (κ3) is 5.82. The molecule has 0 saturated heterocycles. The second kappa shape index (κ2) is 9.72. The van der Waals surface area contributed by atoms with E-state index in [0.29, 0.717) is 28.3 Å². The number of amides is 1. The van der Waals surface area contributed by atoms with Crippen molar-refractivity contribution in [2.75, 3.05) is 19.0 Å². The molecule has 2 aromatic rings. The normalized spacial score (nSPS) is 10.6. The second-order valence-electron chi connectivity index (χ2n) is 5.50. The van der Waals surface area contributed by atoms with E-state index in [1.807, 2.05) is 13.0 Å². The number of nitrogens with one attached hydrogen (secondary N) is 1. The van der Waals surface area contributed by atoms with Gasteiger partial charge in [0.05, 0.1) is 24.3 Å². The molecule has 0 aromatic heterocycles. The SMILES string of the molecule is CCCOc1ccc(C=CC(=O)Nc2ccc([N+](=O)[O-])cc2Br)cc1OC. The average Bonchev–Trinajstić information content (AvgIpc) is 2.66. The molecule has 2 aromatic carbocycles. The molecule has 0 heterocycles. The quantitative estimate of drug-likeness (QED) is 0.365. The van der Waals surface area contributed by atoms with Gasteiger partial charge in [0.1, 0.15) is 0 Å². The number of nitro groups is 1. The fraction of sp³-hybridized carbons (Fsp3) is 0.211. The first-order valence-electron chi connectivity index (χ1n) is 8.18. The summed E-state index contributed by atoms with van der Waals surface area (Å²) in [5.41, 5.74) is 1.15. The predicted octanol–water partition coefficient (Wildman–Crippen LogP) is 4.81. The molecule has 0 bridgehead atoms. The minimum Gasteiger partial charge on any atom is -0.493 e. The van der Waals surface area contributed by atoms with E-state index >= 15 is 0 Å². The summed E-state index contributed by atoms with van der Waals surface area (Å²) in [7, 11) is 1.56. The highest BCUT2D eigenvalue weighted by Crippen LogP contribution is 2.29. The molecule has 0 atom stereocenters. The van der Waals surface area contributed by atoms with Crippen LogP contribution in [0.2, 0.25) is 0 Å². The third-order valence-electron chi connectivity index (χ3n) is 3.50. The number of carbonyl (C=O) groups excluding carboxylic acids is 1. The van der Waals surface area contributed by atoms with Gasteiger partial charge in [-0.15, -0.1) is 0 Å². The van der Waals surface area contributed by atoms with E-state index in [1.165, 1.54) is 24.3 Å². The van der Waals surface area contributed by atoms with Crippen LogP contribution in [0.4, 0.5) is 11.4 Å². The van der Waals surface area contributed by atoms with Crippen molar-refractivity contribution in [2.24, 2.45) is 0 Å². The number of rotatable bonds is 8. The zero-order chi connectivity index (χ0) is 19.8. The van der Waals surface area contributed by atoms with Crippen LogP contribution in [0.25, 0.3) is 6.08 Å². The molecule has 0 saturated carbocycles. The molecule has 142 valence electrons. The summed E-state index contributed by atoms with van der Waals surface area (Å²) < 4.78 is 11.3. The lowest BCUT2D eigenvalue weighted by Gasteiger charge is -2.10. The summed E-state index contributed by atoms with van der Waals surface area (Å²) in [6.07, 6.45) is 3.90. The van der Waals surface area contributed by atoms with E-state index in [9.17, 15) is 14.9 Å². The van der Waals surface area contributed by atoms with Crippen molar-refractivity contribution in [1.82, 2.24) is 0 Å². The fourth-order valence-corrected chi connectivity index (χ4v) is 2.65. The monoisotopic (exact) mass is 434 g/mol. The number of hydrogen-bond acceptors (Lipinski definition) is 5.